The van der Waals surface area contributed by atoms with Gasteiger partial charge in [-0.3, -0.25) is 0 Å². The van der Waals surface area contributed by atoms with Crippen molar-refractivity contribution in [3.05, 3.63) is 42.5 Å². The molecule has 0 radical (unpaired) electrons. The summed E-state index contributed by atoms with van der Waals surface area (Å²) in [6.07, 6.45) is 3.41. The molecule has 0 saturated carbocycles. The molecule has 2 N–H and O–H groups in total. The molecule has 0 amide bonds. The monoisotopic (exact) mass is 280 g/mol. The maximum absolute atomic E-state index is 12.3. The van der Waals surface area contributed by atoms with Crippen molar-refractivity contribution in [3.8, 4) is 0 Å². The summed E-state index contributed by atoms with van der Waals surface area (Å²) >= 11 is 0. The molecule has 19 heavy (non-hydrogen) atoms. The van der Waals surface area contributed by atoms with Crippen molar-refractivity contribution in [2.75, 3.05) is 12.8 Å². The number of rotatable bonds is 4. The van der Waals surface area contributed by atoms with Gasteiger partial charge in [-0.05, 0) is 24.3 Å². The zero-order chi connectivity index (χ0) is 14.0. The van der Waals surface area contributed by atoms with E-state index in [9.17, 15) is 8.42 Å². The Bertz CT molecular complexity index is 661. The highest BCUT2D eigenvalue weighted by Crippen LogP contribution is 2.17. The number of hydrogen-bond acceptors (Lipinski definition) is 4. The molecule has 1 aromatic heterocycles. The molecule has 0 fully saturated rings. The Hall–Kier alpha value is -1.86. The Balaban J connectivity index is 2.24. The lowest BCUT2D eigenvalue weighted by Crippen LogP contribution is -2.27. The fourth-order valence-electron chi connectivity index (χ4n) is 1.65. The molecular formula is C12H16N4O2S. The van der Waals surface area contributed by atoms with Crippen LogP contribution in [-0.4, -0.2) is 29.3 Å². The number of aromatic nitrogens is 2. The fourth-order valence-corrected chi connectivity index (χ4v) is 2.78. The van der Waals surface area contributed by atoms with Crippen LogP contribution >= 0.6 is 0 Å². The third-order valence-electron chi connectivity index (χ3n) is 2.87. The molecule has 0 atom stereocenters. The molecule has 2 rings (SSSR count). The SMILES string of the molecule is CN(Cc1nccn1C)S(=O)(=O)c1ccc(N)cc1. The van der Waals surface area contributed by atoms with Gasteiger partial charge < -0.3 is 10.3 Å². The van der Waals surface area contributed by atoms with E-state index in [0.717, 1.165) is 0 Å². The van der Waals surface area contributed by atoms with Gasteiger partial charge in [-0.1, -0.05) is 0 Å². The number of nitrogens with zero attached hydrogens (tertiary/aromatic N) is 3. The van der Waals surface area contributed by atoms with Crippen LogP contribution in [0.4, 0.5) is 5.69 Å². The molecular weight excluding hydrogens is 264 g/mol. The molecule has 0 unspecified atom stereocenters. The largest absolute Gasteiger partial charge is 0.399 e. The molecule has 0 aliphatic rings. The standard InChI is InChI=1S/C12H16N4O2S/c1-15-8-7-14-12(15)9-16(2)19(17,18)11-5-3-10(13)4-6-11/h3-8H,9,13H2,1-2H3. The highest BCUT2D eigenvalue weighted by Gasteiger charge is 2.21. The molecule has 7 heteroatoms. The van der Waals surface area contributed by atoms with Gasteiger partial charge in [0.2, 0.25) is 10.0 Å². The van der Waals surface area contributed by atoms with E-state index >= 15 is 0 Å². The number of aryl methyl sites for hydroxylation is 1. The number of nitrogen functional groups attached to an aromatic ring is 1. The summed E-state index contributed by atoms with van der Waals surface area (Å²) in [5, 5.41) is 0. The quantitative estimate of drug-likeness (QED) is 0.841. The van der Waals surface area contributed by atoms with E-state index in [0.29, 0.717) is 11.5 Å². The number of nitrogens with two attached hydrogens (primary N) is 1. The van der Waals surface area contributed by atoms with Gasteiger partial charge in [0.1, 0.15) is 5.82 Å². The first-order valence-corrected chi connectivity index (χ1v) is 7.13. The average Bonchev–Trinajstić information content (AvgIpc) is 2.75. The number of sulfonamides is 1. The zero-order valence-electron chi connectivity index (χ0n) is 10.8. The zero-order valence-corrected chi connectivity index (χ0v) is 11.6. The lowest BCUT2D eigenvalue weighted by molar-refractivity contribution is 0.451. The lowest BCUT2D eigenvalue weighted by atomic mass is 10.3. The van der Waals surface area contributed by atoms with E-state index in [-0.39, 0.29) is 11.4 Å². The molecule has 2 aromatic rings. The summed E-state index contributed by atoms with van der Waals surface area (Å²) in [5.74, 6) is 0.682. The maximum Gasteiger partial charge on any atom is 0.243 e. The van der Waals surface area contributed by atoms with Gasteiger partial charge >= 0.3 is 0 Å². The van der Waals surface area contributed by atoms with Gasteiger partial charge in [0, 0.05) is 32.2 Å². The highest BCUT2D eigenvalue weighted by molar-refractivity contribution is 7.89. The Morgan fingerprint density at radius 1 is 1.32 bits per heavy atom. The second-order valence-corrected chi connectivity index (χ2v) is 6.33. The van der Waals surface area contributed by atoms with E-state index in [4.69, 9.17) is 5.73 Å². The van der Waals surface area contributed by atoms with Gasteiger partial charge in [0.15, 0.2) is 0 Å². The Kier molecular flexibility index (Phi) is 3.59. The number of hydrogen-bond donors (Lipinski definition) is 1. The first-order chi connectivity index (χ1) is 8.91. The molecule has 1 aromatic carbocycles. The fraction of sp³-hybridized carbons (Fsp3) is 0.250. The summed E-state index contributed by atoms with van der Waals surface area (Å²) in [4.78, 5) is 4.33. The van der Waals surface area contributed by atoms with Gasteiger partial charge in [0.05, 0.1) is 11.4 Å². The molecule has 6 nitrogen and oxygen atoms in total. The summed E-state index contributed by atoms with van der Waals surface area (Å²) in [6.45, 7) is 0.218. The van der Waals surface area contributed by atoms with E-state index < -0.39 is 10.0 Å². The summed E-state index contributed by atoms with van der Waals surface area (Å²) < 4.78 is 27.7. The third kappa shape index (κ3) is 2.77. The molecule has 0 saturated heterocycles. The molecule has 0 aliphatic carbocycles. The third-order valence-corrected chi connectivity index (χ3v) is 4.69. The average molecular weight is 280 g/mol. The Morgan fingerprint density at radius 3 is 2.47 bits per heavy atom. The smallest absolute Gasteiger partial charge is 0.243 e. The predicted molar refractivity (Wildman–Crippen MR) is 72.7 cm³/mol. The second-order valence-electron chi connectivity index (χ2n) is 4.28. The summed E-state index contributed by atoms with van der Waals surface area (Å²) in [6, 6.07) is 6.14. The molecule has 0 bridgehead atoms. The summed E-state index contributed by atoms with van der Waals surface area (Å²) in [5.41, 5.74) is 6.09. The molecule has 1 heterocycles. The van der Waals surface area contributed by atoms with Crippen molar-refractivity contribution >= 4 is 15.7 Å². The Morgan fingerprint density at radius 2 is 1.95 bits per heavy atom. The maximum atomic E-state index is 12.3. The predicted octanol–water partition coefficient (Wildman–Crippen LogP) is 0.823. The van der Waals surface area contributed by atoms with E-state index in [1.54, 1.807) is 29.1 Å². The van der Waals surface area contributed by atoms with Crippen molar-refractivity contribution in [1.29, 1.82) is 0 Å². The minimum absolute atomic E-state index is 0.218. The second kappa shape index (κ2) is 5.02. The van der Waals surface area contributed by atoms with Crippen LogP contribution in [-0.2, 0) is 23.6 Å². The van der Waals surface area contributed by atoms with Crippen LogP contribution in [0.2, 0.25) is 0 Å². The van der Waals surface area contributed by atoms with Gasteiger partial charge in [0.25, 0.3) is 0 Å². The van der Waals surface area contributed by atoms with E-state index in [2.05, 4.69) is 4.98 Å². The molecule has 102 valence electrons. The van der Waals surface area contributed by atoms with Gasteiger partial charge in [-0.25, -0.2) is 13.4 Å². The van der Waals surface area contributed by atoms with Crippen molar-refractivity contribution in [3.63, 3.8) is 0 Å². The van der Waals surface area contributed by atoms with Crippen molar-refractivity contribution in [1.82, 2.24) is 13.9 Å². The summed E-state index contributed by atoms with van der Waals surface area (Å²) in [7, 11) is -0.171. The van der Waals surface area contributed by atoms with Crippen LogP contribution in [0.1, 0.15) is 5.82 Å². The number of anilines is 1. The van der Waals surface area contributed by atoms with E-state index in [1.165, 1.54) is 23.5 Å². The van der Waals surface area contributed by atoms with Gasteiger partial charge in [-0.2, -0.15) is 4.31 Å². The van der Waals surface area contributed by atoms with E-state index in [1.807, 2.05) is 7.05 Å². The highest BCUT2D eigenvalue weighted by atomic mass is 32.2. The van der Waals surface area contributed by atoms with Crippen LogP contribution in [0.5, 0.6) is 0 Å². The number of benzene rings is 1. The molecule has 0 aliphatic heterocycles. The number of imidazole rings is 1. The van der Waals surface area contributed by atoms with Crippen LogP contribution < -0.4 is 5.73 Å². The Labute approximate surface area is 112 Å². The van der Waals surface area contributed by atoms with Crippen LogP contribution in [0.15, 0.2) is 41.6 Å². The van der Waals surface area contributed by atoms with Crippen molar-refractivity contribution in [2.24, 2.45) is 7.05 Å². The molecule has 0 spiro atoms. The van der Waals surface area contributed by atoms with Crippen LogP contribution in [0.3, 0.4) is 0 Å². The lowest BCUT2D eigenvalue weighted by Gasteiger charge is -2.17. The normalized spacial score (nSPS) is 11.9. The minimum Gasteiger partial charge on any atom is -0.399 e. The minimum atomic E-state index is -3.52. The van der Waals surface area contributed by atoms with Crippen molar-refractivity contribution < 1.29 is 8.42 Å². The van der Waals surface area contributed by atoms with Gasteiger partial charge in [-0.15, -0.1) is 0 Å². The van der Waals surface area contributed by atoms with Crippen LogP contribution in [0.25, 0.3) is 0 Å². The van der Waals surface area contributed by atoms with Crippen LogP contribution in [0, 0.1) is 0 Å². The first-order valence-electron chi connectivity index (χ1n) is 5.69. The first kappa shape index (κ1) is 13.6. The topological polar surface area (TPSA) is 81.2 Å². The van der Waals surface area contributed by atoms with Crippen molar-refractivity contribution in [2.45, 2.75) is 11.4 Å².